The molecule has 0 aliphatic carbocycles. The van der Waals surface area contributed by atoms with E-state index in [-0.39, 0.29) is 11.5 Å². The molecule has 29 heavy (non-hydrogen) atoms. The molecule has 7 nitrogen and oxygen atoms in total. The number of hydrogen-bond donors (Lipinski definition) is 0. The van der Waals surface area contributed by atoms with Crippen molar-refractivity contribution in [2.24, 2.45) is 0 Å². The number of hydrogen-bond acceptors (Lipinski definition) is 6. The molecule has 1 amide bonds. The quantitative estimate of drug-likeness (QED) is 0.434. The van der Waals surface area contributed by atoms with Gasteiger partial charge >= 0.3 is 0 Å². The van der Waals surface area contributed by atoms with Gasteiger partial charge in [-0.25, -0.2) is 0 Å². The Morgan fingerprint density at radius 3 is 2.83 bits per heavy atom. The lowest BCUT2D eigenvalue weighted by Crippen LogP contribution is -2.32. The second kappa shape index (κ2) is 6.71. The Bertz CT molecular complexity index is 1410. The molecule has 0 unspecified atom stereocenters. The fourth-order valence-electron chi connectivity index (χ4n) is 3.34. The van der Waals surface area contributed by atoms with Crippen LogP contribution in [-0.4, -0.2) is 32.0 Å². The topological polar surface area (TPSA) is 80.5 Å². The second-order valence-corrected chi connectivity index (χ2v) is 8.24. The van der Waals surface area contributed by atoms with Crippen molar-refractivity contribution in [2.45, 2.75) is 0 Å². The third kappa shape index (κ3) is 2.73. The van der Waals surface area contributed by atoms with E-state index in [4.69, 9.17) is 0 Å². The zero-order chi connectivity index (χ0) is 20.1. The fraction of sp³-hybridized carbons (Fsp3) is 0.0500. The lowest BCUT2D eigenvalue weighted by atomic mass is 10.1. The number of amides is 1. The van der Waals surface area contributed by atoms with Crippen molar-refractivity contribution in [3.63, 3.8) is 0 Å². The Hall–Kier alpha value is -3.17. The summed E-state index contributed by atoms with van der Waals surface area (Å²) >= 11 is 4.61. The number of carbonyl (C=O) groups excluding carboxylic acids is 1. The van der Waals surface area contributed by atoms with Crippen LogP contribution >= 0.6 is 27.3 Å². The van der Waals surface area contributed by atoms with E-state index in [0.29, 0.717) is 33.0 Å². The van der Waals surface area contributed by atoms with Crippen LogP contribution in [0.5, 0.6) is 0 Å². The molecule has 0 fully saturated rings. The van der Waals surface area contributed by atoms with Crippen LogP contribution in [0.1, 0.15) is 5.56 Å². The summed E-state index contributed by atoms with van der Waals surface area (Å²) in [5.41, 5.74) is 2.19. The van der Waals surface area contributed by atoms with Gasteiger partial charge < -0.3 is 4.90 Å². The van der Waals surface area contributed by atoms with E-state index in [1.54, 1.807) is 29.4 Å². The predicted octanol–water partition coefficient (Wildman–Crippen LogP) is 2.43. The van der Waals surface area contributed by atoms with Gasteiger partial charge in [0.2, 0.25) is 4.96 Å². The highest BCUT2D eigenvalue weighted by atomic mass is 79.9. The molecule has 0 spiro atoms. The number of nitrogens with zero attached hydrogens (tertiary/aromatic N) is 5. The van der Waals surface area contributed by atoms with Gasteiger partial charge in [-0.1, -0.05) is 33.3 Å². The van der Waals surface area contributed by atoms with Gasteiger partial charge in [-0.3, -0.25) is 14.6 Å². The Morgan fingerprint density at radius 1 is 1.24 bits per heavy atom. The summed E-state index contributed by atoms with van der Waals surface area (Å²) in [6.45, 7) is 4.09. The number of pyridine rings is 1. The van der Waals surface area contributed by atoms with Crippen molar-refractivity contribution >= 4 is 49.4 Å². The van der Waals surface area contributed by atoms with Crippen LogP contribution in [0.3, 0.4) is 0 Å². The average Bonchev–Trinajstić information content (AvgIpc) is 3.35. The van der Waals surface area contributed by atoms with E-state index < -0.39 is 0 Å². The molecule has 9 heteroatoms. The molecule has 0 atom stereocenters. The summed E-state index contributed by atoms with van der Waals surface area (Å²) in [4.78, 5) is 36.8. The molecular formula is C20H12BrN5O2S. The van der Waals surface area contributed by atoms with Gasteiger partial charge in [0.1, 0.15) is 4.53 Å². The van der Waals surface area contributed by atoms with Crippen molar-refractivity contribution in [2.75, 3.05) is 11.4 Å². The third-order valence-electron chi connectivity index (χ3n) is 4.59. The van der Waals surface area contributed by atoms with E-state index in [1.165, 1.54) is 4.52 Å². The number of anilines is 1. The summed E-state index contributed by atoms with van der Waals surface area (Å²) in [6.07, 6.45) is 4.96. The standard InChI is InChI=1S/C20H12BrN5O2S/c1-2-8-25-14-6-5-12(21)9-13(14)15(18(25)27)16-19(28)26-20(29-16)23-17(24-26)11-4-3-7-22-10-11/h2-7,9-10H,1,8H2/b16-15-. The van der Waals surface area contributed by atoms with Gasteiger partial charge in [0.15, 0.2) is 5.82 Å². The molecular weight excluding hydrogens is 454 g/mol. The first-order chi connectivity index (χ1) is 14.1. The van der Waals surface area contributed by atoms with Crippen molar-refractivity contribution in [1.82, 2.24) is 19.6 Å². The van der Waals surface area contributed by atoms with Crippen LogP contribution in [0.15, 0.2) is 64.6 Å². The fourth-order valence-corrected chi connectivity index (χ4v) is 4.69. The van der Waals surface area contributed by atoms with E-state index in [0.717, 1.165) is 27.1 Å². The molecule has 0 saturated heterocycles. The van der Waals surface area contributed by atoms with Gasteiger partial charge in [-0.2, -0.15) is 9.50 Å². The number of carbonyl (C=O) groups is 1. The molecule has 3 aromatic heterocycles. The monoisotopic (exact) mass is 465 g/mol. The number of halogens is 1. The largest absolute Gasteiger partial charge is 0.304 e. The van der Waals surface area contributed by atoms with Crippen molar-refractivity contribution < 1.29 is 4.79 Å². The molecule has 4 heterocycles. The number of thiazole rings is 1. The molecule has 0 N–H and O–H groups in total. The van der Waals surface area contributed by atoms with Crippen molar-refractivity contribution in [3.05, 3.63) is 80.3 Å². The normalized spacial score (nSPS) is 15.2. The summed E-state index contributed by atoms with van der Waals surface area (Å²) in [5.74, 6) is 0.194. The van der Waals surface area contributed by atoms with Crippen LogP contribution in [0.4, 0.5) is 5.69 Å². The number of benzene rings is 1. The zero-order valence-electron chi connectivity index (χ0n) is 14.9. The maximum Gasteiger partial charge on any atom is 0.291 e. The predicted molar refractivity (Wildman–Crippen MR) is 115 cm³/mol. The number of aromatic nitrogens is 4. The number of rotatable bonds is 3. The molecule has 4 aromatic rings. The Morgan fingerprint density at radius 2 is 2.10 bits per heavy atom. The molecule has 142 valence electrons. The maximum atomic E-state index is 13.1. The smallest absolute Gasteiger partial charge is 0.291 e. The molecule has 1 aliphatic heterocycles. The lowest BCUT2D eigenvalue weighted by Gasteiger charge is -2.14. The van der Waals surface area contributed by atoms with Gasteiger partial charge in [0.25, 0.3) is 11.5 Å². The molecule has 5 rings (SSSR count). The summed E-state index contributed by atoms with van der Waals surface area (Å²) < 4.78 is 2.40. The molecule has 1 aliphatic rings. The molecule has 0 bridgehead atoms. The highest BCUT2D eigenvalue weighted by Gasteiger charge is 2.34. The SMILES string of the molecule is C=CCN1C(=O)/C(=c2\sc3nc(-c4cccnc4)nn3c2=O)c2cc(Br)ccc21. The van der Waals surface area contributed by atoms with Crippen LogP contribution in [0.2, 0.25) is 0 Å². The lowest BCUT2D eigenvalue weighted by molar-refractivity contribution is -0.112. The van der Waals surface area contributed by atoms with Gasteiger partial charge in [0, 0.05) is 34.5 Å². The maximum absolute atomic E-state index is 13.1. The minimum absolute atomic E-state index is 0.230. The van der Waals surface area contributed by atoms with Crippen molar-refractivity contribution in [3.8, 4) is 11.4 Å². The van der Waals surface area contributed by atoms with Crippen LogP contribution < -0.4 is 15.0 Å². The van der Waals surface area contributed by atoms with Crippen LogP contribution in [0.25, 0.3) is 21.9 Å². The highest BCUT2D eigenvalue weighted by Crippen LogP contribution is 2.37. The highest BCUT2D eigenvalue weighted by molar-refractivity contribution is 9.10. The van der Waals surface area contributed by atoms with E-state index >= 15 is 0 Å². The summed E-state index contributed by atoms with van der Waals surface area (Å²) in [7, 11) is 0. The molecule has 0 saturated carbocycles. The Labute approximate surface area is 176 Å². The second-order valence-electron chi connectivity index (χ2n) is 6.35. The Kier molecular flexibility index (Phi) is 4.14. The first kappa shape index (κ1) is 17.9. The minimum Gasteiger partial charge on any atom is -0.304 e. The zero-order valence-corrected chi connectivity index (χ0v) is 17.3. The third-order valence-corrected chi connectivity index (χ3v) is 6.12. The summed E-state index contributed by atoms with van der Waals surface area (Å²) in [6, 6.07) is 9.18. The minimum atomic E-state index is -0.359. The first-order valence-electron chi connectivity index (χ1n) is 8.65. The van der Waals surface area contributed by atoms with Gasteiger partial charge in [-0.05, 0) is 30.3 Å². The van der Waals surface area contributed by atoms with Gasteiger partial charge in [0.05, 0.1) is 11.3 Å². The molecule has 0 radical (unpaired) electrons. The average molecular weight is 466 g/mol. The van der Waals surface area contributed by atoms with Crippen LogP contribution in [0, 0.1) is 0 Å². The van der Waals surface area contributed by atoms with Crippen molar-refractivity contribution in [1.29, 1.82) is 0 Å². The number of fused-ring (bicyclic) bond motifs is 2. The van der Waals surface area contributed by atoms with E-state index in [9.17, 15) is 9.59 Å². The van der Waals surface area contributed by atoms with Gasteiger partial charge in [-0.15, -0.1) is 11.7 Å². The van der Waals surface area contributed by atoms with E-state index in [2.05, 4.69) is 37.6 Å². The van der Waals surface area contributed by atoms with Crippen LogP contribution in [-0.2, 0) is 4.79 Å². The first-order valence-corrected chi connectivity index (χ1v) is 10.3. The Balaban J connectivity index is 1.76. The summed E-state index contributed by atoms with van der Waals surface area (Å²) in [5, 5.41) is 4.33. The van der Waals surface area contributed by atoms with E-state index in [1.807, 2.05) is 24.3 Å². The molecule has 1 aromatic carbocycles.